The quantitative estimate of drug-likeness (QED) is 0.728. The first-order valence-electron chi connectivity index (χ1n) is 5.57. The average molecular weight is 368 g/mol. The Hall–Kier alpha value is -0.940. The zero-order valence-electron chi connectivity index (χ0n) is 9.97. The van der Waals surface area contributed by atoms with E-state index >= 15 is 0 Å². The van der Waals surface area contributed by atoms with E-state index in [2.05, 4.69) is 22.6 Å². The van der Waals surface area contributed by atoms with Gasteiger partial charge in [-0.25, -0.2) is 4.21 Å². The molecule has 0 spiro atoms. The van der Waals surface area contributed by atoms with Crippen LogP contribution < -0.4 is 0 Å². The van der Waals surface area contributed by atoms with Crippen LogP contribution >= 0.6 is 22.6 Å². The Morgan fingerprint density at radius 3 is 2.28 bits per heavy atom. The van der Waals surface area contributed by atoms with E-state index in [1.54, 1.807) is 0 Å². The summed E-state index contributed by atoms with van der Waals surface area (Å²) in [4.78, 5) is 0.845. The van der Waals surface area contributed by atoms with Crippen LogP contribution in [0.3, 0.4) is 0 Å². The molecule has 0 heterocycles. The smallest absolute Gasteiger partial charge is 0.0911 e. The third-order valence-corrected chi connectivity index (χ3v) is 5.18. The van der Waals surface area contributed by atoms with Gasteiger partial charge in [0.1, 0.15) is 0 Å². The van der Waals surface area contributed by atoms with E-state index in [1.807, 2.05) is 67.6 Å². The molecule has 2 aromatic rings. The Bertz CT molecular complexity index is 573. The summed E-state index contributed by atoms with van der Waals surface area (Å²) in [5.41, 5.74) is 2.25. The third kappa shape index (κ3) is 3.53. The lowest BCUT2D eigenvalue weighted by Gasteiger charge is -2.02. The first-order valence-corrected chi connectivity index (χ1v) is 7.80. The maximum absolute atomic E-state index is 12.3. The summed E-state index contributed by atoms with van der Waals surface area (Å²) in [7, 11) is -1.09. The van der Waals surface area contributed by atoms with Gasteiger partial charge in [0.15, 0.2) is 0 Å². The molecule has 0 aliphatic carbocycles. The van der Waals surface area contributed by atoms with Gasteiger partial charge in [0.2, 0.25) is 0 Å². The van der Waals surface area contributed by atoms with Crippen LogP contribution in [-0.4, -0.2) is 4.21 Å². The summed E-state index contributed by atoms with van der Waals surface area (Å²) < 4.78 is 13.1. The number of hydrogen-bond donors (Lipinski definition) is 0. The highest BCUT2D eigenvalue weighted by Crippen LogP contribution is 2.22. The Kier molecular flexibility index (Phi) is 4.72. The number of benzene rings is 2. The fraction of sp³-hybridized carbons (Fsp3) is 0.0667. The zero-order chi connectivity index (χ0) is 13.0. The maximum atomic E-state index is 12.3. The van der Waals surface area contributed by atoms with Gasteiger partial charge < -0.3 is 0 Å². The fourth-order valence-corrected chi connectivity index (χ4v) is 3.48. The highest BCUT2D eigenvalue weighted by molar-refractivity contribution is 14.1. The van der Waals surface area contributed by atoms with Crippen molar-refractivity contribution in [2.45, 2.75) is 11.8 Å². The van der Waals surface area contributed by atoms with E-state index in [1.165, 1.54) is 5.56 Å². The summed E-state index contributed by atoms with van der Waals surface area (Å²) in [6.45, 7) is 2.03. The van der Waals surface area contributed by atoms with Crippen molar-refractivity contribution in [1.29, 1.82) is 0 Å². The third-order valence-electron chi connectivity index (χ3n) is 2.49. The average Bonchev–Trinajstić information content (AvgIpc) is 2.40. The molecule has 0 N–H and O–H groups in total. The number of aryl methyl sites for hydroxylation is 1. The molecule has 0 bridgehead atoms. The van der Waals surface area contributed by atoms with Crippen molar-refractivity contribution in [1.82, 2.24) is 0 Å². The zero-order valence-corrected chi connectivity index (χ0v) is 12.9. The molecule has 3 heteroatoms. The minimum atomic E-state index is -1.09. The van der Waals surface area contributed by atoms with Gasteiger partial charge in [0.25, 0.3) is 0 Å². The van der Waals surface area contributed by atoms with Gasteiger partial charge in [-0.05, 0) is 53.3 Å². The Balaban J connectivity index is 2.24. The molecule has 2 rings (SSSR count). The first-order chi connectivity index (χ1) is 8.66. The van der Waals surface area contributed by atoms with Crippen molar-refractivity contribution in [3.8, 4) is 0 Å². The largest absolute Gasteiger partial charge is 0.249 e. The minimum absolute atomic E-state index is 0.836. The Labute approximate surface area is 124 Å². The molecule has 0 saturated carbocycles. The van der Waals surface area contributed by atoms with Crippen molar-refractivity contribution in [3.05, 3.63) is 68.6 Å². The van der Waals surface area contributed by atoms with Crippen LogP contribution in [0, 0.1) is 6.92 Å². The molecule has 0 aliphatic rings. The molecule has 0 aliphatic heterocycles. The normalized spacial score (nSPS) is 13.3. The van der Waals surface area contributed by atoms with E-state index < -0.39 is 10.8 Å². The van der Waals surface area contributed by atoms with Gasteiger partial charge in [-0.15, -0.1) is 0 Å². The number of rotatable bonds is 3. The second-order valence-electron chi connectivity index (χ2n) is 3.94. The van der Waals surface area contributed by atoms with Gasteiger partial charge in [-0.3, -0.25) is 0 Å². The lowest BCUT2D eigenvalue weighted by molar-refractivity contribution is 0.688. The molecular formula is C15H13IOS. The van der Waals surface area contributed by atoms with E-state index in [9.17, 15) is 4.21 Å². The SMILES string of the molecule is Cc1ccc([S@](=O)/C(I)=C/c2ccccc2)cc1. The summed E-state index contributed by atoms with van der Waals surface area (Å²) in [6.07, 6.45) is 1.95. The standard InChI is InChI=1S/C15H13IOS/c1-12-7-9-14(10-8-12)18(17)15(16)11-13-5-3-2-4-6-13/h2-11H,1H3/b15-11+/t18-/m0/s1. The Morgan fingerprint density at radius 2 is 1.67 bits per heavy atom. The van der Waals surface area contributed by atoms with Gasteiger partial charge in [-0.1, -0.05) is 48.0 Å². The molecule has 0 radical (unpaired) electrons. The predicted molar refractivity (Wildman–Crippen MR) is 86.0 cm³/mol. The first kappa shape index (κ1) is 13.5. The van der Waals surface area contributed by atoms with Crippen LogP contribution in [0.15, 0.2) is 62.4 Å². The Morgan fingerprint density at radius 1 is 1.06 bits per heavy atom. The van der Waals surface area contributed by atoms with E-state index in [4.69, 9.17) is 0 Å². The van der Waals surface area contributed by atoms with Crippen LogP contribution in [0.5, 0.6) is 0 Å². The summed E-state index contributed by atoms with van der Waals surface area (Å²) in [5, 5.41) is 0. The number of halogens is 1. The highest BCUT2D eigenvalue weighted by atomic mass is 127. The van der Waals surface area contributed by atoms with E-state index in [-0.39, 0.29) is 0 Å². The molecular weight excluding hydrogens is 355 g/mol. The molecule has 0 aromatic heterocycles. The van der Waals surface area contributed by atoms with Gasteiger partial charge in [0.05, 0.1) is 13.7 Å². The minimum Gasteiger partial charge on any atom is -0.249 e. The maximum Gasteiger partial charge on any atom is 0.0911 e. The summed E-state index contributed by atoms with van der Waals surface area (Å²) in [6, 6.07) is 17.7. The lowest BCUT2D eigenvalue weighted by Crippen LogP contribution is -1.90. The molecule has 2 aromatic carbocycles. The van der Waals surface area contributed by atoms with E-state index in [0.717, 1.165) is 13.4 Å². The van der Waals surface area contributed by atoms with E-state index in [0.29, 0.717) is 0 Å². The van der Waals surface area contributed by atoms with Crippen molar-refractivity contribution in [3.63, 3.8) is 0 Å². The lowest BCUT2D eigenvalue weighted by atomic mass is 10.2. The summed E-state index contributed by atoms with van der Waals surface area (Å²) >= 11 is 2.14. The van der Waals surface area contributed by atoms with Crippen molar-refractivity contribution < 1.29 is 4.21 Å². The second-order valence-corrected chi connectivity index (χ2v) is 7.28. The van der Waals surface area contributed by atoms with Crippen LogP contribution in [-0.2, 0) is 10.8 Å². The predicted octanol–water partition coefficient (Wildman–Crippen LogP) is 4.54. The van der Waals surface area contributed by atoms with Gasteiger partial charge >= 0.3 is 0 Å². The fourth-order valence-electron chi connectivity index (χ4n) is 1.51. The van der Waals surface area contributed by atoms with Gasteiger partial charge in [-0.2, -0.15) is 0 Å². The molecule has 0 amide bonds. The van der Waals surface area contributed by atoms with Crippen molar-refractivity contribution in [2.75, 3.05) is 0 Å². The topological polar surface area (TPSA) is 17.1 Å². The van der Waals surface area contributed by atoms with Crippen molar-refractivity contribution in [2.24, 2.45) is 0 Å². The molecule has 0 unspecified atom stereocenters. The monoisotopic (exact) mass is 368 g/mol. The van der Waals surface area contributed by atoms with Crippen LogP contribution in [0.25, 0.3) is 6.08 Å². The van der Waals surface area contributed by atoms with Crippen LogP contribution in [0.1, 0.15) is 11.1 Å². The second kappa shape index (κ2) is 6.29. The van der Waals surface area contributed by atoms with Crippen LogP contribution in [0.2, 0.25) is 0 Å². The van der Waals surface area contributed by atoms with Crippen LogP contribution in [0.4, 0.5) is 0 Å². The van der Waals surface area contributed by atoms with Gasteiger partial charge in [0, 0.05) is 4.90 Å². The number of hydrogen-bond acceptors (Lipinski definition) is 1. The molecule has 1 nitrogen and oxygen atoms in total. The molecule has 1 atom stereocenters. The summed E-state index contributed by atoms with van der Waals surface area (Å²) in [5.74, 6) is 0. The molecule has 92 valence electrons. The molecule has 0 fully saturated rings. The highest BCUT2D eigenvalue weighted by Gasteiger charge is 2.07. The van der Waals surface area contributed by atoms with Crippen molar-refractivity contribution >= 4 is 39.5 Å². The molecule has 18 heavy (non-hydrogen) atoms. The molecule has 0 saturated heterocycles.